The van der Waals surface area contributed by atoms with Gasteiger partial charge in [-0.1, -0.05) is 23.8 Å². The molecule has 0 radical (unpaired) electrons. The zero-order valence-electron chi connectivity index (χ0n) is 17.4. The topological polar surface area (TPSA) is 49.9 Å². The van der Waals surface area contributed by atoms with Crippen molar-refractivity contribution in [1.82, 2.24) is 9.80 Å². The minimum Gasteiger partial charge on any atom is -0.491 e. The molecule has 2 amide bonds. The highest BCUT2D eigenvalue weighted by Gasteiger charge is 2.36. The van der Waals surface area contributed by atoms with Gasteiger partial charge in [0.15, 0.2) is 0 Å². The third kappa shape index (κ3) is 4.59. The van der Waals surface area contributed by atoms with Crippen molar-refractivity contribution >= 4 is 23.2 Å². The Morgan fingerprint density at radius 2 is 2.03 bits per heavy atom. The fourth-order valence-electron chi connectivity index (χ4n) is 3.92. The van der Waals surface area contributed by atoms with Crippen LogP contribution in [0.1, 0.15) is 34.9 Å². The van der Waals surface area contributed by atoms with Gasteiger partial charge < -0.3 is 14.5 Å². The minimum absolute atomic E-state index is 0.0276. The second-order valence-electron chi connectivity index (χ2n) is 8.06. The monoisotopic (exact) mass is 424 g/mol. The Hall–Kier alpha value is -2.60. The van der Waals surface area contributed by atoms with Gasteiger partial charge >= 0.3 is 0 Å². The lowest BCUT2D eigenvalue weighted by atomic mass is 10.0. The molecule has 1 atom stereocenters. The van der Waals surface area contributed by atoms with E-state index in [-0.39, 0.29) is 30.3 Å². The van der Waals surface area contributed by atoms with Gasteiger partial charge in [-0.3, -0.25) is 9.59 Å². The molecule has 0 saturated heterocycles. The summed E-state index contributed by atoms with van der Waals surface area (Å²) in [5.74, 6) is 0.931. The predicted octanol–water partition coefficient (Wildman–Crippen LogP) is 3.99. The molecule has 1 aliphatic heterocycles. The van der Waals surface area contributed by atoms with Crippen LogP contribution in [0.25, 0.3) is 0 Å². The van der Waals surface area contributed by atoms with Crippen molar-refractivity contribution < 1.29 is 14.3 Å². The number of hydrogen-bond donors (Lipinski definition) is 0. The first-order valence-corrected chi connectivity index (χ1v) is 11.4. The van der Waals surface area contributed by atoms with E-state index in [2.05, 4.69) is 18.0 Å². The smallest absolute Gasteiger partial charge is 0.242 e. The van der Waals surface area contributed by atoms with Gasteiger partial charge in [-0.2, -0.15) is 0 Å². The zero-order valence-corrected chi connectivity index (χ0v) is 18.2. The van der Waals surface area contributed by atoms with Crippen molar-refractivity contribution in [3.05, 3.63) is 64.4 Å². The van der Waals surface area contributed by atoms with E-state index in [1.54, 1.807) is 22.3 Å². The average Bonchev–Trinajstić information content (AvgIpc) is 3.49. The van der Waals surface area contributed by atoms with Gasteiger partial charge in [0.1, 0.15) is 18.9 Å². The van der Waals surface area contributed by atoms with Gasteiger partial charge in [0.2, 0.25) is 11.8 Å². The molecule has 5 nitrogen and oxygen atoms in total. The van der Waals surface area contributed by atoms with E-state index in [9.17, 15) is 9.59 Å². The summed E-state index contributed by atoms with van der Waals surface area (Å²) in [6, 6.07) is 9.91. The fraction of sp³-hybridized carbons (Fsp3) is 0.417. The van der Waals surface area contributed by atoms with E-state index in [0.717, 1.165) is 30.6 Å². The summed E-state index contributed by atoms with van der Waals surface area (Å²) >= 11 is 1.73. The Morgan fingerprint density at radius 1 is 1.27 bits per heavy atom. The number of amides is 2. The number of rotatable bonds is 8. The Morgan fingerprint density at radius 3 is 2.73 bits per heavy atom. The van der Waals surface area contributed by atoms with E-state index < -0.39 is 0 Å². The van der Waals surface area contributed by atoms with Crippen LogP contribution in [0.5, 0.6) is 5.75 Å². The minimum atomic E-state index is -0.143. The normalized spacial score (nSPS) is 17.9. The Balaban J connectivity index is 1.49. The van der Waals surface area contributed by atoms with Gasteiger partial charge in [-0.05, 0) is 55.3 Å². The number of nitrogens with zero attached hydrogens (tertiary/aromatic N) is 2. The molecule has 158 valence electrons. The maximum Gasteiger partial charge on any atom is 0.242 e. The van der Waals surface area contributed by atoms with E-state index in [1.165, 1.54) is 10.4 Å². The summed E-state index contributed by atoms with van der Waals surface area (Å²) in [7, 11) is 0. The first-order chi connectivity index (χ1) is 14.6. The third-order valence-electron chi connectivity index (χ3n) is 5.76. The van der Waals surface area contributed by atoms with Crippen LogP contribution in [0.15, 0.2) is 48.4 Å². The number of thiophene rings is 1. The molecule has 2 heterocycles. The second kappa shape index (κ2) is 9.04. The quantitative estimate of drug-likeness (QED) is 0.602. The van der Waals surface area contributed by atoms with E-state index in [4.69, 9.17) is 4.74 Å². The Bertz CT molecular complexity index is 917. The van der Waals surface area contributed by atoms with Crippen molar-refractivity contribution in [2.75, 3.05) is 26.2 Å². The highest BCUT2D eigenvalue weighted by atomic mass is 32.1. The summed E-state index contributed by atoms with van der Waals surface area (Å²) < 4.78 is 6.07. The molecule has 0 spiro atoms. The number of carbonyl (C=O) groups is 2. The van der Waals surface area contributed by atoms with E-state index in [0.29, 0.717) is 19.7 Å². The maximum atomic E-state index is 13.3. The number of benzene rings is 1. The second-order valence-corrected chi connectivity index (χ2v) is 9.06. The van der Waals surface area contributed by atoms with Crippen LogP contribution in [0.4, 0.5) is 0 Å². The summed E-state index contributed by atoms with van der Waals surface area (Å²) in [6.07, 6.45) is 4.39. The highest BCUT2D eigenvalue weighted by molar-refractivity contribution is 7.10. The van der Waals surface area contributed by atoms with Crippen LogP contribution in [-0.4, -0.2) is 47.9 Å². The Labute approximate surface area is 181 Å². The van der Waals surface area contributed by atoms with Crippen LogP contribution >= 0.6 is 11.3 Å². The Kier molecular flexibility index (Phi) is 6.23. The van der Waals surface area contributed by atoms with Gasteiger partial charge in [0.25, 0.3) is 0 Å². The molecule has 2 aromatic rings. The van der Waals surface area contributed by atoms with E-state index in [1.807, 2.05) is 36.1 Å². The summed E-state index contributed by atoms with van der Waals surface area (Å²) in [5, 5.41) is 2.08. The predicted molar refractivity (Wildman–Crippen MR) is 119 cm³/mol. The lowest BCUT2D eigenvalue weighted by Crippen LogP contribution is -2.48. The summed E-state index contributed by atoms with van der Waals surface area (Å²) in [6.45, 7) is 7.35. The highest BCUT2D eigenvalue weighted by Crippen LogP contribution is 2.35. The lowest BCUT2D eigenvalue weighted by Gasteiger charge is -2.37. The number of aryl methyl sites for hydroxylation is 1. The molecule has 0 N–H and O–H groups in total. The number of ether oxygens (including phenoxy) is 1. The van der Waals surface area contributed by atoms with Crippen molar-refractivity contribution in [1.29, 1.82) is 0 Å². The standard InChI is InChI=1S/C24H28N2O3S/c1-3-12-25(24(28)18-6-7-18)15-23(27)26-13-10-22-20(11-14-30-22)21(26)16-29-19-8-4-17(2)5-9-19/h3-5,8-9,11,14,18,21H,1,6-7,10,12-13,15-16H2,2H3/t21-/m1/s1. The van der Waals surface area contributed by atoms with Crippen LogP contribution < -0.4 is 4.74 Å². The van der Waals surface area contributed by atoms with Crippen LogP contribution in [0, 0.1) is 12.8 Å². The van der Waals surface area contributed by atoms with Crippen LogP contribution in [0.2, 0.25) is 0 Å². The van der Waals surface area contributed by atoms with Crippen molar-refractivity contribution in [2.45, 2.75) is 32.2 Å². The van der Waals surface area contributed by atoms with Crippen molar-refractivity contribution in [3.8, 4) is 5.75 Å². The molecule has 6 heteroatoms. The molecule has 2 aliphatic rings. The molecule has 30 heavy (non-hydrogen) atoms. The van der Waals surface area contributed by atoms with Gasteiger partial charge in [-0.25, -0.2) is 0 Å². The molecule has 1 fully saturated rings. The largest absolute Gasteiger partial charge is 0.491 e. The zero-order chi connectivity index (χ0) is 21.1. The van der Waals surface area contributed by atoms with Gasteiger partial charge in [0, 0.05) is 23.9 Å². The third-order valence-corrected chi connectivity index (χ3v) is 6.75. The van der Waals surface area contributed by atoms with Gasteiger partial charge in [-0.15, -0.1) is 17.9 Å². The van der Waals surface area contributed by atoms with Crippen molar-refractivity contribution in [2.24, 2.45) is 5.92 Å². The van der Waals surface area contributed by atoms with Crippen molar-refractivity contribution in [3.63, 3.8) is 0 Å². The SMILES string of the molecule is C=CCN(CC(=O)N1CCc2sccc2[C@H]1COc1ccc(C)cc1)C(=O)C1CC1. The van der Waals surface area contributed by atoms with E-state index >= 15 is 0 Å². The molecular weight excluding hydrogens is 396 g/mol. The fourth-order valence-corrected chi connectivity index (χ4v) is 4.84. The van der Waals surface area contributed by atoms with Gasteiger partial charge in [0.05, 0.1) is 6.04 Å². The van der Waals surface area contributed by atoms with Crippen LogP contribution in [-0.2, 0) is 16.0 Å². The molecule has 1 aromatic heterocycles. The summed E-state index contributed by atoms with van der Waals surface area (Å²) in [4.78, 5) is 30.7. The first kappa shape index (κ1) is 20.7. The molecule has 1 saturated carbocycles. The molecule has 4 rings (SSSR count). The molecule has 1 aliphatic carbocycles. The number of carbonyl (C=O) groups excluding carboxylic acids is 2. The number of fused-ring (bicyclic) bond motifs is 1. The molecular formula is C24H28N2O3S. The molecule has 0 unspecified atom stereocenters. The van der Waals surface area contributed by atoms with Crippen LogP contribution in [0.3, 0.4) is 0 Å². The average molecular weight is 425 g/mol. The molecule has 0 bridgehead atoms. The lowest BCUT2D eigenvalue weighted by molar-refractivity contribution is -0.142. The number of hydrogen-bond acceptors (Lipinski definition) is 4. The first-order valence-electron chi connectivity index (χ1n) is 10.5. The summed E-state index contributed by atoms with van der Waals surface area (Å²) in [5.41, 5.74) is 2.34. The maximum absolute atomic E-state index is 13.3. The molecule has 1 aromatic carbocycles.